The SMILES string of the molecule is O=C(O)N1CC(Cc2cccc(Cl)c2)C1. The third-order valence-electron chi connectivity index (χ3n) is 2.64. The van der Waals surface area contributed by atoms with E-state index in [-0.39, 0.29) is 0 Å². The van der Waals surface area contributed by atoms with Crippen molar-refractivity contribution in [3.05, 3.63) is 34.9 Å². The molecule has 1 aliphatic rings. The average molecular weight is 226 g/mol. The fourth-order valence-electron chi connectivity index (χ4n) is 1.85. The van der Waals surface area contributed by atoms with Crippen LogP contribution in [0, 0.1) is 5.92 Å². The summed E-state index contributed by atoms with van der Waals surface area (Å²) in [4.78, 5) is 12.0. The van der Waals surface area contributed by atoms with Gasteiger partial charge in [0.05, 0.1) is 0 Å². The molecule has 3 nitrogen and oxygen atoms in total. The van der Waals surface area contributed by atoms with Crippen molar-refractivity contribution in [1.82, 2.24) is 4.90 Å². The lowest BCUT2D eigenvalue weighted by atomic mass is 9.93. The summed E-state index contributed by atoms with van der Waals surface area (Å²) in [6.45, 7) is 1.28. The maximum absolute atomic E-state index is 10.5. The number of carbonyl (C=O) groups is 1. The molecule has 0 unspecified atom stereocenters. The topological polar surface area (TPSA) is 40.5 Å². The molecule has 1 aromatic carbocycles. The zero-order valence-corrected chi connectivity index (χ0v) is 8.94. The number of nitrogens with zero attached hydrogens (tertiary/aromatic N) is 1. The summed E-state index contributed by atoms with van der Waals surface area (Å²) in [6, 6.07) is 7.72. The Kier molecular flexibility index (Phi) is 2.82. The van der Waals surface area contributed by atoms with Crippen LogP contribution in [0.25, 0.3) is 0 Å². The molecule has 80 valence electrons. The van der Waals surface area contributed by atoms with Crippen LogP contribution in [0.4, 0.5) is 4.79 Å². The molecule has 1 heterocycles. The molecule has 0 aliphatic carbocycles. The smallest absolute Gasteiger partial charge is 0.407 e. The molecule has 1 aliphatic heterocycles. The van der Waals surface area contributed by atoms with Gasteiger partial charge in [-0.2, -0.15) is 0 Å². The number of hydrogen-bond donors (Lipinski definition) is 1. The van der Waals surface area contributed by atoms with Gasteiger partial charge in [0.15, 0.2) is 0 Å². The monoisotopic (exact) mass is 225 g/mol. The van der Waals surface area contributed by atoms with Gasteiger partial charge in [-0.3, -0.25) is 0 Å². The Hall–Kier alpha value is -1.22. The summed E-state index contributed by atoms with van der Waals surface area (Å²) in [7, 11) is 0. The molecule has 2 rings (SSSR count). The van der Waals surface area contributed by atoms with E-state index in [2.05, 4.69) is 0 Å². The number of hydrogen-bond acceptors (Lipinski definition) is 1. The minimum atomic E-state index is -0.822. The van der Waals surface area contributed by atoms with Crippen molar-refractivity contribution >= 4 is 17.7 Å². The quantitative estimate of drug-likeness (QED) is 0.840. The van der Waals surface area contributed by atoms with Gasteiger partial charge in [0.25, 0.3) is 0 Å². The van der Waals surface area contributed by atoms with Crippen LogP contribution in [-0.4, -0.2) is 29.2 Å². The lowest BCUT2D eigenvalue weighted by molar-refractivity contribution is 0.0819. The molecule has 0 atom stereocenters. The van der Waals surface area contributed by atoms with Crippen molar-refractivity contribution in [3.63, 3.8) is 0 Å². The van der Waals surface area contributed by atoms with Crippen molar-refractivity contribution in [2.75, 3.05) is 13.1 Å². The largest absolute Gasteiger partial charge is 0.465 e. The lowest BCUT2D eigenvalue weighted by Gasteiger charge is -2.37. The molecular formula is C11H12ClNO2. The zero-order valence-electron chi connectivity index (χ0n) is 8.19. The number of benzene rings is 1. The zero-order chi connectivity index (χ0) is 10.8. The van der Waals surface area contributed by atoms with Crippen LogP contribution >= 0.6 is 11.6 Å². The second kappa shape index (κ2) is 4.11. The summed E-state index contributed by atoms with van der Waals surface area (Å²) in [5.41, 5.74) is 1.18. The Bertz CT molecular complexity index is 375. The highest BCUT2D eigenvalue weighted by Crippen LogP contribution is 2.21. The third kappa shape index (κ3) is 2.42. The predicted octanol–water partition coefficient (Wildman–Crippen LogP) is 2.49. The van der Waals surface area contributed by atoms with Crippen molar-refractivity contribution in [3.8, 4) is 0 Å². The number of likely N-dealkylation sites (tertiary alicyclic amines) is 1. The summed E-state index contributed by atoms with van der Waals surface area (Å²) >= 11 is 5.86. The molecule has 0 radical (unpaired) electrons. The molecule has 0 spiro atoms. The minimum absolute atomic E-state index is 0.444. The normalized spacial score (nSPS) is 16.2. The van der Waals surface area contributed by atoms with E-state index in [1.54, 1.807) is 0 Å². The molecule has 0 aromatic heterocycles. The van der Waals surface area contributed by atoms with E-state index in [0.29, 0.717) is 19.0 Å². The van der Waals surface area contributed by atoms with E-state index in [9.17, 15) is 4.79 Å². The molecular weight excluding hydrogens is 214 g/mol. The van der Waals surface area contributed by atoms with Gasteiger partial charge in [-0.25, -0.2) is 4.79 Å². The van der Waals surface area contributed by atoms with Crippen molar-refractivity contribution in [1.29, 1.82) is 0 Å². The first-order valence-electron chi connectivity index (χ1n) is 4.87. The minimum Gasteiger partial charge on any atom is -0.465 e. The van der Waals surface area contributed by atoms with E-state index in [4.69, 9.17) is 16.7 Å². The predicted molar refractivity (Wildman–Crippen MR) is 58.2 cm³/mol. The lowest BCUT2D eigenvalue weighted by Crippen LogP contribution is -2.50. The Morgan fingerprint density at radius 2 is 2.27 bits per heavy atom. The number of carboxylic acid groups (broad SMARTS) is 1. The van der Waals surface area contributed by atoms with Crippen LogP contribution in [0.3, 0.4) is 0 Å². The van der Waals surface area contributed by atoms with E-state index in [0.717, 1.165) is 11.4 Å². The Balaban J connectivity index is 1.87. The summed E-state index contributed by atoms with van der Waals surface area (Å²) in [5.74, 6) is 0.444. The Morgan fingerprint density at radius 3 is 2.87 bits per heavy atom. The maximum Gasteiger partial charge on any atom is 0.407 e. The van der Waals surface area contributed by atoms with Gasteiger partial charge in [-0.1, -0.05) is 23.7 Å². The van der Waals surface area contributed by atoms with Crippen molar-refractivity contribution < 1.29 is 9.90 Å². The first kappa shape index (κ1) is 10.3. The van der Waals surface area contributed by atoms with Crippen LogP contribution in [0.5, 0.6) is 0 Å². The molecule has 1 amide bonds. The van der Waals surface area contributed by atoms with Gasteiger partial charge in [-0.15, -0.1) is 0 Å². The molecule has 1 N–H and O–H groups in total. The van der Waals surface area contributed by atoms with Gasteiger partial charge in [0, 0.05) is 18.1 Å². The van der Waals surface area contributed by atoms with Crippen LogP contribution in [-0.2, 0) is 6.42 Å². The highest BCUT2D eigenvalue weighted by Gasteiger charge is 2.30. The Labute approximate surface area is 93.3 Å². The molecule has 4 heteroatoms. The Morgan fingerprint density at radius 1 is 1.53 bits per heavy atom. The van der Waals surface area contributed by atoms with Gasteiger partial charge < -0.3 is 10.0 Å². The van der Waals surface area contributed by atoms with Crippen molar-refractivity contribution in [2.45, 2.75) is 6.42 Å². The average Bonchev–Trinajstić information content (AvgIpc) is 2.10. The first-order chi connectivity index (χ1) is 7.15. The van der Waals surface area contributed by atoms with Crippen LogP contribution < -0.4 is 0 Å². The number of halogens is 1. The molecule has 15 heavy (non-hydrogen) atoms. The molecule has 1 saturated heterocycles. The highest BCUT2D eigenvalue weighted by molar-refractivity contribution is 6.30. The summed E-state index contributed by atoms with van der Waals surface area (Å²) in [6.07, 6.45) is 0.0852. The fraction of sp³-hybridized carbons (Fsp3) is 0.364. The third-order valence-corrected chi connectivity index (χ3v) is 2.88. The summed E-state index contributed by atoms with van der Waals surface area (Å²) in [5, 5.41) is 9.40. The van der Waals surface area contributed by atoms with Crippen molar-refractivity contribution in [2.24, 2.45) is 5.92 Å². The molecule has 0 saturated carbocycles. The van der Waals surface area contributed by atoms with Gasteiger partial charge in [-0.05, 0) is 30.0 Å². The van der Waals surface area contributed by atoms with E-state index < -0.39 is 6.09 Å². The standard InChI is InChI=1S/C11H12ClNO2/c12-10-3-1-2-8(5-10)4-9-6-13(7-9)11(14)15/h1-3,5,9H,4,6-7H2,(H,14,15). The number of rotatable bonds is 2. The first-order valence-corrected chi connectivity index (χ1v) is 5.25. The van der Waals surface area contributed by atoms with Gasteiger partial charge in [0.2, 0.25) is 0 Å². The second-order valence-corrected chi connectivity index (χ2v) is 4.32. The van der Waals surface area contributed by atoms with E-state index in [1.807, 2.05) is 24.3 Å². The van der Waals surface area contributed by atoms with Crippen LogP contribution in [0.1, 0.15) is 5.56 Å². The van der Waals surface area contributed by atoms with E-state index in [1.165, 1.54) is 10.5 Å². The van der Waals surface area contributed by atoms with Crippen LogP contribution in [0.2, 0.25) is 5.02 Å². The summed E-state index contributed by atoms with van der Waals surface area (Å²) < 4.78 is 0. The van der Waals surface area contributed by atoms with Gasteiger partial charge in [0.1, 0.15) is 0 Å². The fourth-order valence-corrected chi connectivity index (χ4v) is 2.07. The molecule has 1 fully saturated rings. The maximum atomic E-state index is 10.5. The highest BCUT2D eigenvalue weighted by atomic mass is 35.5. The van der Waals surface area contributed by atoms with E-state index >= 15 is 0 Å². The van der Waals surface area contributed by atoms with Gasteiger partial charge >= 0.3 is 6.09 Å². The second-order valence-electron chi connectivity index (χ2n) is 3.89. The molecule has 1 aromatic rings. The molecule has 0 bridgehead atoms. The van der Waals surface area contributed by atoms with Crippen LogP contribution in [0.15, 0.2) is 24.3 Å². The number of amides is 1.